The first kappa shape index (κ1) is 19.4. The van der Waals surface area contributed by atoms with Crippen molar-refractivity contribution in [3.8, 4) is 0 Å². The third-order valence-corrected chi connectivity index (χ3v) is 5.17. The fourth-order valence-electron chi connectivity index (χ4n) is 3.57. The van der Waals surface area contributed by atoms with Crippen LogP contribution in [0.15, 0.2) is 29.3 Å². The second-order valence-electron chi connectivity index (χ2n) is 6.80. The number of hydrogen-bond acceptors (Lipinski definition) is 4. The first-order valence-corrected chi connectivity index (χ1v) is 9.83. The molecule has 6 nitrogen and oxygen atoms in total. The molecule has 2 atom stereocenters. The van der Waals surface area contributed by atoms with Gasteiger partial charge in [0.05, 0.1) is 31.9 Å². The molecule has 0 saturated carbocycles. The molecule has 0 radical (unpaired) electrons. The molecule has 1 unspecified atom stereocenters. The van der Waals surface area contributed by atoms with Crippen LogP contribution in [0.3, 0.4) is 0 Å². The minimum Gasteiger partial charge on any atom is -0.391 e. The number of aliphatic hydroxyl groups is 1. The average Bonchev–Trinajstić information content (AvgIpc) is 3.08. The van der Waals surface area contributed by atoms with Crippen LogP contribution in [0.4, 0.5) is 0 Å². The minimum absolute atomic E-state index is 0.166. The van der Waals surface area contributed by atoms with E-state index in [1.807, 2.05) is 18.2 Å². The number of hydrogen-bond donors (Lipinski definition) is 2. The number of halogens is 1. The van der Waals surface area contributed by atoms with Crippen LogP contribution < -0.4 is 5.32 Å². The van der Waals surface area contributed by atoms with Gasteiger partial charge in [0.15, 0.2) is 5.96 Å². The standard InChI is InChI=1S/C19H29ClN4O2/c1-2-21-19(24-7-6-17(25)14-24)22-13-18(23-8-10-26-11-9-23)15-4-3-5-16(20)12-15/h3-5,12,17-18,25H,2,6-11,13-14H2,1H3,(H,21,22)/t17-,18?/m1/s1. The number of morpholine rings is 1. The molecular weight excluding hydrogens is 352 g/mol. The summed E-state index contributed by atoms with van der Waals surface area (Å²) in [5.41, 5.74) is 1.18. The Labute approximate surface area is 160 Å². The van der Waals surface area contributed by atoms with Gasteiger partial charge in [0.2, 0.25) is 0 Å². The zero-order valence-electron chi connectivity index (χ0n) is 15.4. The first-order chi connectivity index (χ1) is 12.7. The van der Waals surface area contributed by atoms with Crippen LogP contribution in [0, 0.1) is 0 Å². The second kappa shape index (κ2) is 9.55. The molecule has 0 amide bonds. The van der Waals surface area contributed by atoms with Crippen LogP contribution in [0.2, 0.25) is 5.02 Å². The fourth-order valence-corrected chi connectivity index (χ4v) is 3.77. The van der Waals surface area contributed by atoms with Gasteiger partial charge in [-0.3, -0.25) is 9.89 Å². The number of nitrogens with zero attached hydrogens (tertiary/aromatic N) is 3. The number of aliphatic hydroxyl groups excluding tert-OH is 1. The molecule has 0 aromatic heterocycles. The topological polar surface area (TPSA) is 60.3 Å². The van der Waals surface area contributed by atoms with Crippen LogP contribution in [0.1, 0.15) is 24.9 Å². The van der Waals surface area contributed by atoms with E-state index >= 15 is 0 Å². The number of rotatable bonds is 5. The maximum absolute atomic E-state index is 9.85. The summed E-state index contributed by atoms with van der Waals surface area (Å²) in [6.45, 7) is 8.30. The molecule has 144 valence electrons. The van der Waals surface area contributed by atoms with E-state index in [1.165, 1.54) is 5.56 Å². The molecule has 1 aromatic rings. The van der Waals surface area contributed by atoms with Crippen molar-refractivity contribution in [2.75, 3.05) is 52.5 Å². The molecule has 7 heteroatoms. The predicted molar refractivity (Wildman–Crippen MR) is 105 cm³/mol. The summed E-state index contributed by atoms with van der Waals surface area (Å²) in [6.07, 6.45) is 0.535. The third-order valence-electron chi connectivity index (χ3n) is 4.93. The zero-order valence-corrected chi connectivity index (χ0v) is 16.2. The van der Waals surface area contributed by atoms with Crippen molar-refractivity contribution < 1.29 is 9.84 Å². The summed E-state index contributed by atoms with van der Waals surface area (Å²) in [5, 5.41) is 14.0. The number of likely N-dealkylation sites (tertiary alicyclic amines) is 1. The van der Waals surface area contributed by atoms with E-state index < -0.39 is 0 Å². The number of β-amino-alcohol motifs (C(OH)–C–C–N with tert-alkyl or cyclic N) is 1. The van der Waals surface area contributed by atoms with Crippen molar-refractivity contribution in [2.45, 2.75) is 25.5 Å². The lowest BCUT2D eigenvalue weighted by atomic mass is 10.0. The van der Waals surface area contributed by atoms with E-state index in [0.29, 0.717) is 13.1 Å². The van der Waals surface area contributed by atoms with Crippen molar-refractivity contribution in [3.05, 3.63) is 34.9 Å². The average molecular weight is 381 g/mol. The van der Waals surface area contributed by atoms with Crippen molar-refractivity contribution in [2.24, 2.45) is 4.99 Å². The Hall–Kier alpha value is -1.34. The molecule has 0 aliphatic carbocycles. The van der Waals surface area contributed by atoms with Crippen LogP contribution in [0.5, 0.6) is 0 Å². The minimum atomic E-state index is -0.262. The largest absolute Gasteiger partial charge is 0.391 e. The van der Waals surface area contributed by atoms with Gasteiger partial charge in [-0.1, -0.05) is 23.7 Å². The Balaban J connectivity index is 1.79. The van der Waals surface area contributed by atoms with Crippen molar-refractivity contribution in [1.82, 2.24) is 15.1 Å². The Morgan fingerprint density at radius 2 is 2.19 bits per heavy atom. The molecule has 2 heterocycles. The van der Waals surface area contributed by atoms with Gasteiger partial charge < -0.3 is 20.1 Å². The second-order valence-corrected chi connectivity index (χ2v) is 7.24. The van der Waals surface area contributed by atoms with E-state index in [0.717, 1.165) is 56.8 Å². The predicted octanol–water partition coefficient (Wildman–Crippen LogP) is 1.75. The van der Waals surface area contributed by atoms with Crippen molar-refractivity contribution in [3.63, 3.8) is 0 Å². The van der Waals surface area contributed by atoms with Gasteiger partial charge in [0.25, 0.3) is 0 Å². The van der Waals surface area contributed by atoms with Gasteiger partial charge in [0.1, 0.15) is 0 Å². The maximum Gasteiger partial charge on any atom is 0.194 e. The summed E-state index contributed by atoms with van der Waals surface area (Å²) in [6, 6.07) is 8.22. The number of benzene rings is 1. The van der Waals surface area contributed by atoms with Gasteiger partial charge in [-0.05, 0) is 31.0 Å². The molecule has 26 heavy (non-hydrogen) atoms. The molecule has 0 bridgehead atoms. The summed E-state index contributed by atoms with van der Waals surface area (Å²) in [5.74, 6) is 0.879. The van der Waals surface area contributed by atoms with Gasteiger partial charge in [-0.15, -0.1) is 0 Å². The van der Waals surface area contributed by atoms with E-state index in [1.54, 1.807) is 0 Å². The van der Waals surface area contributed by atoms with Gasteiger partial charge >= 0.3 is 0 Å². The summed E-state index contributed by atoms with van der Waals surface area (Å²) in [7, 11) is 0. The number of aliphatic imine (C=N–C) groups is 1. The van der Waals surface area contributed by atoms with Gasteiger partial charge in [-0.25, -0.2) is 0 Å². The van der Waals surface area contributed by atoms with Crippen molar-refractivity contribution in [1.29, 1.82) is 0 Å². The lowest BCUT2D eigenvalue weighted by Crippen LogP contribution is -2.43. The molecule has 1 aromatic carbocycles. The first-order valence-electron chi connectivity index (χ1n) is 9.46. The highest BCUT2D eigenvalue weighted by molar-refractivity contribution is 6.30. The Kier molecular flexibility index (Phi) is 7.14. The summed E-state index contributed by atoms with van der Waals surface area (Å²) < 4.78 is 5.51. The SMILES string of the molecule is CCNC(=NCC(c1cccc(Cl)c1)N1CCOCC1)N1CC[C@@H](O)C1. The summed E-state index contributed by atoms with van der Waals surface area (Å²) in [4.78, 5) is 9.47. The Bertz CT molecular complexity index is 607. The zero-order chi connectivity index (χ0) is 18.4. The van der Waals surface area contributed by atoms with E-state index in [9.17, 15) is 5.11 Å². The number of guanidine groups is 1. The fraction of sp³-hybridized carbons (Fsp3) is 0.632. The Morgan fingerprint density at radius 1 is 1.38 bits per heavy atom. The summed E-state index contributed by atoms with van der Waals surface area (Å²) >= 11 is 6.23. The van der Waals surface area contributed by atoms with Gasteiger partial charge in [-0.2, -0.15) is 0 Å². The highest BCUT2D eigenvalue weighted by Gasteiger charge is 2.25. The molecule has 3 rings (SSSR count). The number of ether oxygens (including phenoxy) is 1. The molecule has 0 spiro atoms. The molecule has 2 aliphatic heterocycles. The molecule has 2 saturated heterocycles. The molecule has 2 aliphatic rings. The van der Waals surface area contributed by atoms with Crippen LogP contribution >= 0.6 is 11.6 Å². The lowest BCUT2D eigenvalue weighted by molar-refractivity contribution is 0.0179. The lowest BCUT2D eigenvalue weighted by Gasteiger charge is -2.34. The van der Waals surface area contributed by atoms with E-state index in [2.05, 4.69) is 28.1 Å². The normalized spacial score (nSPS) is 23.3. The third kappa shape index (κ3) is 5.10. The quantitative estimate of drug-likeness (QED) is 0.602. The highest BCUT2D eigenvalue weighted by Crippen LogP contribution is 2.25. The molecule has 2 N–H and O–H groups in total. The van der Waals surface area contributed by atoms with Crippen LogP contribution in [-0.2, 0) is 4.74 Å². The van der Waals surface area contributed by atoms with Gasteiger partial charge in [0, 0.05) is 37.7 Å². The molecular formula is C19H29ClN4O2. The van der Waals surface area contributed by atoms with Crippen LogP contribution in [0.25, 0.3) is 0 Å². The van der Waals surface area contributed by atoms with E-state index in [-0.39, 0.29) is 12.1 Å². The number of nitrogens with one attached hydrogen (secondary N) is 1. The van der Waals surface area contributed by atoms with Crippen LogP contribution in [-0.4, -0.2) is 79.5 Å². The maximum atomic E-state index is 9.85. The smallest absolute Gasteiger partial charge is 0.194 e. The monoisotopic (exact) mass is 380 g/mol. The molecule has 2 fully saturated rings. The van der Waals surface area contributed by atoms with Crippen molar-refractivity contribution >= 4 is 17.6 Å². The highest BCUT2D eigenvalue weighted by atomic mass is 35.5. The Morgan fingerprint density at radius 3 is 2.85 bits per heavy atom. The van der Waals surface area contributed by atoms with E-state index in [4.69, 9.17) is 21.3 Å².